The number of unbranched alkanes of at least 4 members (excludes halogenated alkanes) is 2. The van der Waals surface area contributed by atoms with Gasteiger partial charge in [-0.1, -0.05) is 6.42 Å². The van der Waals surface area contributed by atoms with Crippen LogP contribution in [0.1, 0.15) is 25.7 Å². The fourth-order valence-corrected chi connectivity index (χ4v) is 2.18. The molecule has 0 radical (unpaired) electrons. The highest BCUT2D eigenvalue weighted by Gasteiger charge is 2.18. The van der Waals surface area contributed by atoms with Crippen LogP contribution in [0.2, 0.25) is 19.6 Å². The van der Waals surface area contributed by atoms with E-state index in [9.17, 15) is 5.11 Å². The highest BCUT2D eigenvalue weighted by Crippen LogP contribution is 2.11. The van der Waals surface area contributed by atoms with Crippen LogP contribution in [0.15, 0.2) is 0 Å². The maximum Gasteiger partial charge on any atom is 0.187 e. The first-order valence-corrected chi connectivity index (χ1v) is 8.82. The van der Waals surface area contributed by atoms with Gasteiger partial charge in [0.1, 0.15) is 6.29 Å². The molecule has 80 valence electrons. The van der Waals surface area contributed by atoms with Crippen molar-refractivity contribution in [3.8, 4) is 0 Å². The predicted octanol–water partition coefficient (Wildman–Crippen LogP) is 2.96. The SMILES string of the molecule is C[Si](C)(C)OC(O)CCCCCCl. The lowest BCUT2D eigenvalue weighted by Gasteiger charge is -2.22. The summed E-state index contributed by atoms with van der Waals surface area (Å²) < 4.78 is 5.48. The third kappa shape index (κ3) is 10.3. The fourth-order valence-electron chi connectivity index (χ4n) is 1.06. The molecule has 0 amide bonds. The van der Waals surface area contributed by atoms with Crippen molar-refractivity contribution in [3.63, 3.8) is 0 Å². The van der Waals surface area contributed by atoms with Gasteiger partial charge in [0.05, 0.1) is 0 Å². The van der Waals surface area contributed by atoms with Crippen molar-refractivity contribution >= 4 is 19.9 Å². The summed E-state index contributed by atoms with van der Waals surface area (Å²) >= 11 is 5.54. The molecule has 0 spiro atoms. The Bertz CT molecular complexity index is 125. The standard InChI is InChI=1S/C9H21ClO2Si/c1-13(2,3)12-9(11)7-5-4-6-8-10/h9,11H,4-8H2,1-3H3. The number of alkyl halides is 1. The van der Waals surface area contributed by atoms with Gasteiger partial charge >= 0.3 is 0 Å². The van der Waals surface area contributed by atoms with Gasteiger partial charge in [-0.05, 0) is 38.9 Å². The first kappa shape index (κ1) is 13.4. The lowest BCUT2D eigenvalue weighted by molar-refractivity contribution is -0.0309. The molecule has 0 saturated heterocycles. The summed E-state index contributed by atoms with van der Waals surface area (Å²) in [4.78, 5) is 0. The number of hydrogen-bond donors (Lipinski definition) is 1. The number of aliphatic hydroxyl groups excluding tert-OH is 1. The van der Waals surface area contributed by atoms with Crippen LogP contribution in [0.4, 0.5) is 0 Å². The number of rotatable bonds is 7. The van der Waals surface area contributed by atoms with E-state index < -0.39 is 14.6 Å². The van der Waals surface area contributed by atoms with Crippen molar-refractivity contribution in [2.45, 2.75) is 51.6 Å². The first-order chi connectivity index (χ1) is 5.95. The molecule has 0 aromatic rings. The Hall–Kier alpha value is 0.427. The van der Waals surface area contributed by atoms with E-state index >= 15 is 0 Å². The normalized spacial score (nSPS) is 14.5. The van der Waals surface area contributed by atoms with Crippen LogP contribution in [0.5, 0.6) is 0 Å². The van der Waals surface area contributed by atoms with Gasteiger partial charge in [-0.15, -0.1) is 11.6 Å². The number of aliphatic hydroxyl groups is 1. The zero-order valence-electron chi connectivity index (χ0n) is 8.85. The molecule has 1 N–H and O–H groups in total. The fraction of sp³-hybridized carbons (Fsp3) is 1.00. The third-order valence-corrected chi connectivity index (χ3v) is 2.82. The second-order valence-electron chi connectivity index (χ2n) is 4.22. The van der Waals surface area contributed by atoms with Crippen LogP contribution in [0, 0.1) is 0 Å². The van der Waals surface area contributed by atoms with Gasteiger partial charge in [0.25, 0.3) is 0 Å². The smallest absolute Gasteiger partial charge is 0.187 e. The van der Waals surface area contributed by atoms with E-state index in [-0.39, 0.29) is 0 Å². The van der Waals surface area contributed by atoms with E-state index in [0.29, 0.717) is 5.88 Å². The molecule has 0 aromatic heterocycles. The van der Waals surface area contributed by atoms with Crippen LogP contribution in [0.25, 0.3) is 0 Å². The van der Waals surface area contributed by atoms with Crippen molar-refractivity contribution in [2.24, 2.45) is 0 Å². The van der Waals surface area contributed by atoms with Crippen LogP contribution in [0.3, 0.4) is 0 Å². The second-order valence-corrected chi connectivity index (χ2v) is 9.06. The Morgan fingerprint density at radius 2 is 1.85 bits per heavy atom. The summed E-state index contributed by atoms with van der Waals surface area (Å²) in [5.41, 5.74) is 0. The first-order valence-electron chi connectivity index (χ1n) is 4.87. The van der Waals surface area contributed by atoms with Crippen LogP contribution >= 0.6 is 11.6 Å². The molecule has 0 saturated carbocycles. The van der Waals surface area contributed by atoms with E-state index in [4.69, 9.17) is 16.0 Å². The van der Waals surface area contributed by atoms with E-state index in [2.05, 4.69) is 19.6 Å². The molecule has 2 nitrogen and oxygen atoms in total. The number of halogens is 1. The molecule has 0 aromatic carbocycles. The summed E-state index contributed by atoms with van der Waals surface area (Å²) in [7, 11) is -1.56. The lowest BCUT2D eigenvalue weighted by Crippen LogP contribution is -2.31. The second kappa shape index (κ2) is 6.82. The van der Waals surface area contributed by atoms with Crippen molar-refractivity contribution < 1.29 is 9.53 Å². The zero-order chi connectivity index (χ0) is 10.3. The summed E-state index contributed by atoms with van der Waals surface area (Å²) in [5.74, 6) is 0.713. The van der Waals surface area contributed by atoms with Gasteiger partial charge < -0.3 is 9.53 Å². The van der Waals surface area contributed by atoms with Gasteiger partial charge in [-0.3, -0.25) is 0 Å². The van der Waals surface area contributed by atoms with Crippen molar-refractivity contribution in [1.82, 2.24) is 0 Å². The highest BCUT2D eigenvalue weighted by molar-refractivity contribution is 6.69. The topological polar surface area (TPSA) is 29.5 Å². The molecule has 0 heterocycles. The van der Waals surface area contributed by atoms with Crippen LogP contribution in [-0.4, -0.2) is 25.6 Å². The molecule has 1 unspecified atom stereocenters. The lowest BCUT2D eigenvalue weighted by atomic mass is 10.2. The zero-order valence-corrected chi connectivity index (χ0v) is 10.6. The third-order valence-electron chi connectivity index (χ3n) is 1.57. The summed E-state index contributed by atoms with van der Waals surface area (Å²) in [6.45, 7) is 6.24. The van der Waals surface area contributed by atoms with Gasteiger partial charge in [-0.25, -0.2) is 0 Å². The molecule has 0 bridgehead atoms. The summed E-state index contributed by atoms with van der Waals surface area (Å²) in [5, 5.41) is 9.46. The molecule has 0 rings (SSSR count). The van der Waals surface area contributed by atoms with E-state index in [1.165, 1.54) is 0 Å². The molecule has 1 atom stereocenters. The molecule has 13 heavy (non-hydrogen) atoms. The van der Waals surface area contributed by atoms with Gasteiger partial charge in [-0.2, -0.15) is 0 Å². The van der Waals surface area contributed by atoms with E-state index in [1.807, 2.05) is 0 Å². The Morgan fingerprint density at radius 1 is 1.23 bits per heavy atom. The van der Waals surface area contributed by atoms with Crippen molar-refractivity contribution in [1.29, 1.82) is 0 Å². The predicted molar refractivity (Wildman–Crippen MR) is 59.6 cm³/mol. The van der Waals surface area contributed by atoms with Gasteiger partial charge in [0.2, 0.25) is 0 Å². The largest absolute Gasteiger partial charge is 0.393 e. The molecule has 4 heteroatoms. The Labute approximate surface area is 87.4 Å². The quantitative estimate of drug-likeness (QED) is 0.312. The van der Waals surface area contributed by atoms with E-state index in [1.54, 1.807) is 0 Å². The minimum atomic E-state index is -1.56. The van der Waals surface area contributed by atoms with Crippen LogP contribution < -0.4 is 0 Å². The maximum absolute atomic E-state index is 9.46. The number of hydrogen-bond acceptors (Lipinski definition) is 2. The Kier molecular flexibility index (Phi) is 7.04. The minimum absolute atomic E-state index is 0.568. The Morgan fingerprint density at radius 3 is 2.31 bits per heavy atom. The van der Waals surface area contributed by atoms with E-state index in [0.717, 1.165) is 25.7 Å². The molecule has 0 aliphatic carbocycles. The Balaban J connectivity index is 3.35. The molecular formula is C9H21ClO2Si. The average molecular weight is 225 g/mol. The van der Waals surface area contributed by atoms with Crippen molar-refractivity contribution in [2.75, 3.05) is 5.88 Å². The van der Waals surface area contributed by atoms with Gasteiger partial charge in [0.15, 0.2) is 8.32 Å². The summed E-state index contributed by atoms with van der Waals surface area (Å²) in [6.07, 6.45) is 3.28. The molecule has 0 aliphatic rings. The maximum atomic E-state index is 9.46. The molecule has 0 aliphatic heterocycles. The van der Waals surface area contributed by atoms with Crippen molar-refractivity contribution in [3.05, 3.63) is 0 Å². The molecular weight excluding hydrogens is 204 g/mol. The average Bonchev–Trinajstić information content (AvgIpc) is 1.94. The summed E-state index contributed by atoms with van der Waals surface area (Å²) in [6, 6.07) is 0. The minimum Gasteiger partial charge on any atom is -0.393 e. The molecule has 0 fully saturated rings. The van der Waals surface area contributed by atoms with Crippen LogP contribution in [-0.2, 0) is 4.43 Å². The van der Waals surface area contributed by atoms with Gasteiger partial charge in [0, 0.05) is 5.88 Å². The highest BCUT2D eigenvalue weighted by atomic mass is 35.5. The monoisotopic (exact) mass is 224 g/mol.